The molecule has 3 aromatic rings. The van der Waals surface area contributed by atoms with E-state index < -0.39 is 10.0 Å². The highest BCUT2D eigenvalue weighted by Gasteiger charge is 2.30. The molecule has 0 aromatic heterocycles. The second kappa shape index (κ2) is 8.19. The lowest BCUT2D eigenvalue weighted by Gasteiger charge is -2.23. The van der Waals surface area contributed by atoms with E-state index >= 15 is 0 Å². The highest BCUT2D eigenvalue weighted by molar-refractivity contribution is 7.92. The lowest BCUT2D eigenvalue weighted by molar-refractivity contribution is -0.118. The van der Waals surface area contributed by atoms with Crippen molar-refractivity contribution in [3.8, 4) is 0 Å². The lowest BCUT2D eigenvalue weighted by Crippen LogP contribution is -2.36. The first-order valence-electron chi connectivity index (χ1n) is 10.3. The molecule has 0 aliphatic carbocycles. The molecule has 3 aromatic carbocycles. The number of rotatable bonds is 5. The van der Waals surface area contributed by atoms with Crippen LogP contribution in [0.4, 0.5) is 11.4 Å². The smallest absolute Gasteiger partial charge is 0.264 e. The third kappa shape index (κ3) is 4.08. The summed E-state index contributed by atoms with van der Waals surface area (Å²) in [7, 11) is -2.10. The molecule has 0 radical (unpaired) electrons. The SMILES string of the molecule is Cc1ccc(S(=O)(=O)N(C)c2ccc(CC(=O)N3c4ccccc4C[C@H]3C)cc2)cc1. The number of fused-ring (bicyclic) bond motifs is 1. The number of aryl methyl sites for hydroxylation is 1. The molecule has 6 heteroatoms. The van der Waals surface area contributed by atoms with Gasteiger partial charge in [-0.1, -0.05) is 48.0 Å². The van der Waals surface area contributed by atoms with Crippen molar-refractivity contribution in [3.63, 3.8) is 0 Å². The van der Waals surface area contributed by atoms with Crippen LogP contribution < -0.4 is 9.21 Å². The molecule has 0 saturated carbocycles. The van der Waals surface area contributed by atoms with Gasteiger partial charge >= 0.3 is 0 Å². The third-order valence-electron chi connectivity index (χ3n) is 5.81. The Hall–Kier alpha value is -3.12. The van der Waals surface area contributed by atoms with Gasteiger partial charge < -0.3 is 4.90 Å². The minimum Gasteiger partial charge on any atom is -0.309 e. The first-order valence-corrected chi connectivity index (χ1v) is 11.8. The number of benzene rings is 3. The summed E-state index contributed by atoms with van der Waals surface area (Å²) in [6.07, 6.45) is 1.13. The molecule has 4 rings (SSSR count). The summed E-state index contributed by atoms with van der Waals surface area (Å²) in [4.78, 5) is 15.1. The van der Waals surface area contributed by atoms with Gasteiger partial charge in [0.2, 0.25) is 5.91 Å². The van der Waals surface area contributed by atoms with Gasteiger partial charge in [-0.25, -0.2) is 8.42 Å². The molecule has 31 heavy (non-hydrogen) atoms. The van der Waals surface area contributed by atoms with Crippen molar-refractivity contribution >= 4 is 27.3 Å². The molecular weight excluding hydrogens is 408 g/mol. The molecule has 1 heterocycles. The van der Waals surface area contributed by atoms with Crippen molar-refractivity contribution in [1.29, 1.82) is 0 Å². The fourth-order valence-corrected chi connectivity index (χ4v) is 5.23. The van der Waals surface area contributed by atoms with Gasteiger partial charge in [0.15, 0.2) is 0 Å². The number of amides is 1. The monoisotopic (exact) mass is 434 g/mol. The maximum Gasteiger partial charge on any atom is 0.264 e. The Morgan fingerprint density at radius 2 is 1.65 bits per heavy atom. The predicted octanol–water partition coefficient (Wildman–Crippen LogP) is 4.34. The summed E-state index contributed by atoms with van der Waals surface area (Å²) in [6, 6.07) is 22.1. The number of para-hydroxylation sites is 1. The number of anilines is 2. The zero-order valence-corrected chi connectivity index (χ0v) is 18.8. The number of sulfonamides is 1. The van der Waals surface area contributed by atoms with Gasteiger partial charge in [-0.3, -0.25) is 9.10 Å². The minimum absolute atomic E-state index is 0.0471. The molecule has 0 bridgehead atoms. The van der Waals surface area contributed by atoms with Crippen molar-refractivity contribution in [3.05, 3.63) is 89.5 Å². The van der Waals surface area contributed by atoms with Gasteiger partial charge in [0.1, 0.15) is 0 Å². The van der Waals surface area contributed by atoms with Crippen LogP contribution in [-0.4, -0.2) is 27.4 Å². The second-order valence-electron chi connectivity index (χ2n) is 8.07. The molecule has 0 N–H and O–H groups in total. The molecule has 0 unspecified atom stereocenters. The van der Waals surface area contributed by atoms with E-state index in [2.05, 4.69) is 13.0 Å². The second-order valence-corrected chi connectivity index (χ2v) is 10.0. The van der Waals surface area contributed by atoms with Gasteiger partial charge in [0, 0.05) is 18.8 Å². The first kappa shape index (κ1) is 21.1. The van der Waals surface area contributed by atoms with E-state index in [9.17, 15) is 13.2 Å². The Morgan fingerprint density at radius 1 is 1.00 bits per heavy atom. The van der Waals surface area contributed by atoms with E-state index in [-0.39, 0.29) is 23.3 Å². The first-order chi connectivity index (χ1) is 14.8. The van der Waals surface area contributed by atoms with Crippen LogP contribution in [-0.2, 0) is 27.7 Å². The average Bonchev–Trinajstić information content (AvgIpc) is 3.10. The topological polar surface area (TPSA) is 57.7 Å². The van der Waals surface area contributed by atoms with Crippen molar-refractivity contribution in [2.24, 2.45) is 0 Å². The van der Waals surface area contributed by atoms with Crippen molar-refractivity contribution in [1.82, 2.24) is 0 Å². The fourth-order valence-electron chi connectivity index (χ4n) is 4.04. The molecule has 5 nitrogen and oxygen atoms in total. The van der Waals surface area contributed by atoms with Gasteiger partial charge in [0.25, 0.3) is 10.0 Å². The van der Waals surface area contributed by atoms with Gasteiger partial charge in [-0.2, -0.15) is 0 Å². The maximum atomic E-state index is 13.0. The summed E-state index contributed by atoms with van der Waals surface area (Å²) in [6.45, 7) is 3.98. The van der Waals surface area contributed by atoms with Crippen LogP contribution in [0.1, 0.15) is 23.6 Å². The number of nitrogens with zero attached hydrogens (tertiary/aromatic N) is 2. The molecule has 0 saturated heterocycles. The minimum atomic E-state index is -3.64. The van der Waals surface area contributed by atoms with Crippen LogP contribution >= 0.6 is 0 Å². The largest absolute Gasteiger partial charge is 0.309 e. The Labute approximate surface area is 184 Å². The lowest BCUT2D eigenvalue weighted by atomic mass is 10.1. The quantitative estimate of drug-likeness (QED) is 0.600. The Kier molecular flexibility index (Phi) is 5.58. The van der Waals surface area contributed by atoms with Crippen molar-refractivity contribution in [2.45, 2.75) is 37.6 Å². The van der Waals surface area contributed by atoms with Crippen LogP contribution in [0.5, 0.6) is 0 Å². The molecule has 1 atom stereocenters. The van der Waals surface area contributed by atoms with Gasteiger partial charge in [0.05, 0.1) is 17.0 Å². The third-order valence-corrected chi connectivity index (χ3v) is 7.61. The summed E-state index contributed by atoms with van der Waals surface area (Å²) in [5.74, 6) is 0.0471. The Bertz CT molecular complexity index is 1200. The molecule has 1 aliphatic rings. The summed E-state index contributed by atoms with van der Waals surface area (Å²) < 4.78 is 27.1. The predicted molar refractivity (Wildman–Crippen MR) is 124 cm³/mol. The van der Waals surface area contributed by atoms with E-state index in [1.54, 1.807) is 36.4 Å². The average molecular weight is 435 g/mol. The van der Waals surface area contributed by atoms with E-state index in [0.717, 1.165) is 23.2 Å². The Balaban J connectivity index is 1.49. The zero-order chi connectivity index (χ0) is 22.2. The molecule has 0 fully saturated rings. The van der Waals surface area contributed by atoms with Crippen molar-refractivity contribution < 1.29 is 13.2 Å². The number of hydrogen-bond acceptors (Lipinski definition) is 3. The number of hydrogen-bond donors (Lipinski definition) is 0. The van der Waals surface area contributed by atoms with E-state index in [4.69, 9.17) is 0 Å². The normalized spacial score (nSPS) is 15.6. The highest BCUT2D eigenvalue weighted by atomic mass is 32.2. The van der Waals surface area contributed by atoms with Crippen LogP contribution in [0, 0.1) is 6.92 Å². The summed E-state index contributed by atoms with van der Waals surface area (Å²) in [5.41, 5.74) is 4.59. The number of carbonyl (C=O) groups excluding carboxylic acids is 1. The Morgan fingerprint density at radius 3 is 2.32 bits per heavy atom. The van der Waals surface area contributed by atoms with Gasteiger partial charge in [-0.05, 0) is 61.7 Å². The van der Waals surface area contributed by atoms with E-state index in [1.165, 1.54) is 16.9 Å². The highest BCUT2D eigenvalue weighted by Crippen LogP contribution is 2.32. The summed E-state index contributed by atoms with van der Waals surface area (Å²) >= 11 is 0. The standard InChI is InChI=1S/C25H26N2O3S/c1-18-8-14-23(15-9-18)31(29,30)26(3)22-12-10-20(11-13-22)17-25(28)27-19(2)16-21-6-4-5-7-24(21)27/h4-15,19H,16-17H2,1-3H3/t19-/m1/s1. The van der Waals surface area contributed by atoms with Gasteiger partial charge in [-0.15, -0.1) is 0 Å². The maximum absolute atomic E-state index is 13.0. The molecule has 0 spiro atoms. The fraction of sp³-hybridized carbons (Fsp3) is 0.240. The summed E-state index contributed by atoms with van der Waals surface area (Å²) in [5, 5.41) is 0. The zero-order valence-electron chi connectivity index (χ0n) is 17.9. The van der Waals surface area contributed by atoms with E-state index in [1.807, 2.05) is 42.2 Å². The van der Waals surface area contributed by atoms with Crippen LogP contribution in [0.2, 0.25) is 0 Å². The van der Waals surface area contributed by atoms with Crippen LogP contribution in [0.15, 0.2) is 77.7 Å². The van der Waals surface area contributed by atoms with Crippen molar-refractivity contribution in [2.75, 3.05) is 16.3 Å². The molecule has 160 valence electrons. The molecular formula is C25H26N2O3S. The van der Waals surface area contributed by atoms with Crippen LogP contribution in [0.25, 0.3) is 0 Å². The van der Waals surface area contributed by atoms with Crippen LogP contribution in [0.3, 0.4) is 0 Å². The van der Waals surface area contributed by atoms with E-state index in [0.29, 0.717) is 5.69 Å². The molecule has 1 amide bonds. The number of carbonyl (C=O) groups is 1. The molecule has 1 aliphatic heterocycles.